The SMILES string of the molecule is CCCCCCC(CSCC(CCCCCC)c1ccccc1OC(C)=O)c1ccccc1OC(C)=O. The Bertz CT molecular complexity index is 866. The number of hydrogen-bond donors (Lipinski definition) is 0. The van der Waals surface area contributed by atoms with Crippen LogP contribution in [0.25, 0.3) is 0 Å². The molecule has 0 amide bonds. The van der Waals surface area contributed by atoms with Crippen molar-refractivity contribution in [3.8, 4) is 11.5 Å². The van der Waals surface area contributed by atoms with Gasteiger partial charge in [-0.3, -0.25) is 9.59 Å². The Hall–Kier alpha value is -2.27. The van der Waals surface area contributed by atoms with E-state index in [-0.39, 0.29) is 11.9 Å². The molecule has 0 aromatic heterocycles. The van der Waals surface area contributed by atoms with E-state index in [1.807, 2.05) is 48.2 Å². The molecular weight excluding hydrogens is 480 g/mol. The van der Waals surface area contributed by atoms with Gasteiger partial charge in [0.25, 0.3) is 0 Å². The Morgan fingerprint density at radius 2 is 1.05 bits per heavy atom. The predicted octanol–water partition coefficient (Wildman–Crippen LogP) is 9.08. The molecule has 2 aromatic rings. The van der Waals surface area contributed by atoms with Crippen LogP contribution in [0.5, 0.6) is 11.5 Å². The first-order valence-electron chi connectivity index (χ1n) is 14.1. The van der Waals surface area contributed by atoms with Crippen molar-refractivity contribution in [1.82, 2.24) is 0 Å². The second kappa shape index (κ2) is 18.1. The van der Waals surface area contributed by atoms with Gasteiger partial charge in [-0.15, -0.1) is 0 Å². The van der Waals surface area contributed by atoms with E-state index in [1.54, 1.807) is 0 Å². The Morgan fingerprint density at radius 1 is 0.649 bits per heavy atom. The minimum absolute atomic E-state index is 0.279. The smallest absolute Gasteiger partial charge is 0.308 e. The predicted molar refractivity (Wildman–Crippen MR) is 156 cm³/mol. The van der Waals surface area contributed by atoms with Crippen molar-refractivity contribution in [1.29, 1.82) is 0 Å². The van der Waals surface area contributed by atoms with Crippen LogP contribution in [-0.2, 0) is 9.59 Å². The van der Waals surface area contributed by atoms with Gasteiger partial charge in [0, 0.05) is 25.4 Å². The highest BCUT2D eigenvalue weighted by Crippen LogP contribution is 2.37. The van der Waals surface area contributed by atoms with E-state index in [1.165, 1.54) is 65.2 Å². The summed E-state index contributed by atoms with van der Waals surface area (Å²) in [5.41, 5.74) is 2.25. The summed E-state index contributed by atoms with van der Waals surface area (Å²) in [6.45, 7) is 7.40. The van der Waals surface area contributed by atoms with Gasteiger partial charge in [-0.25, -0.2) is 0 Å². The van der Waals surface area contributed by atoms with Crippen LogP contribution < -0.4 is 9.47 Å². The van der Waals surface area contributed by atoms with E-state index in [4.69, 9.17) is 9.47 Å². The molecule has 0 aliphatic carbocycles. The molecule has 2 unspecified atom stereocenters. The molecule has 204 valence electrons. The van der Waals surface area contributed by atoms with Crippen molar-refractivity contribution in [3.05, 3.63) is 59.7 Å². The third-order valence-electron chi connectivity index (χ3n) is 6.68. The van der Waals surface area contributed by atoms with Gasteiger partial charge in [-0.1, -0.05) is 102 Å². The Labute approximate surface area is 228 Å². The number of ether oxygens (including phenoxy) is 2. The highest BCUT2D eigenvalue weighted by atomic mass is 32.2. The molecule has 4 nitrogen and oxygen atoms in total. The number of rotatable bonds is 18. The third kappa shape index (κ3) is 11.8. The zero-order valence-electron chi connectivity index (χ0n) is 23.3. The number of carbonyl (C=O) groups is 2. The lowest BCUT2D eigenvalue weighted by Crippen LogP contribution is -2.11. The van der Waals surface area contributed by atoms with Crippen molar-refractivity contribution >= 4 is 23.7 Å². The lowest BCUT2D eigenvalue weighted by molar-refractivity contribution is -0.132. The number of esters is 2. The minimum Gasteiger partial charge on any atom is -0.426 e. The van der Waals surface area contributed by atoms with Crippen LogP contribution in [0.4, 0.5) is 0 Å². The van der Waals surface area contributed by atoms with Gasteiger partial charge in [0.1, 0.15) is 11.5 Å². The summed E-state index contributed by atoms with van der Waals surface area (Å²) in [6.07, 6.45) is 11.9. The molecule has 0 fully saturated rings. The van der Waals surface area contributed by atoms with Crippen LogP contribution in [0.2, 0.25) is 0 Å². The van der Waals surface area contributed by atoms with Crippen LogP contribution >= 0.6 is 11.8 Å². The molecule has 5 heteroatoms. The molecule has 0 saturated heterocycles. The first-order chi connectivity index (χ1) is 18.0. The van der Waals surface area contributed by atoms with Crippen molar-refractivity contribution in [2.75, 3.05) is 11.5 Å². The Morgan fingerprint density at radius 3 is 1.43 bits per heavy atom. The van der Waals surface area contributed by atoms with E-state index in [0.717, 1.165) is 35.5 Å². The third-order valence-corrected chi connectivity index (χ3v) is 7.95. The standard InChI is InChI=1S/C32H46O4S/c1-5-7-9-11-17-27(29-19-13-15-21-31(29)35-25(3)33)23-37-24-28(18-12-10-8-6-2)30-20-14-16-22-32(30)36-26(4)34/h13-16,19-22,27-28H,5-12,17-18,23-24H2,1-4H3. The lowest BCUT2D eigenvalue weighted by Gasteiger charge is -2.23. The molecular formula is C32H46O4S. The summed E-state index contributed by atoms with van der Waals surface area (Å²) in [6, 6.07) is 16.0. The summed E-state index contributed by atoms with van der Waals surface area (Å²) in [5, 5.41) is 0. The highest BCUT2D eigenvalue weighted by Gasteiger charge is 2.21. The molecule has 2 rings (SSSR count). The fourth-order valence-corrected chi connectivity index (χ4v) is 6.17. The first-order valence-corrected chi connectivity index (χ1v) is 15.2. The van der Waals surface area contributed by atoms with E-state index < -0.39 is 0 Å². The van der Waals surface area contributed by atoms with Gasteiger partial charge in [0.2, 0.25) is 0 Å². The molecule has 2 aromatic carbocycles. The Kier molecular flexibility index (Phi) is 15.1. The van der Waals surface area contributed by atoms with Crippen molar-refractivity contribution in [2.24, 2.45) is 0 Å². The van der Waals surface area contributed by atoms with Crippen LogP contribution in [0.1, 0.15) is 115 Å². The Balaban J connectivity index is 2.18. The van der Waals surface area contributed by atoms with Gasteiger partial charge < -0.3 is 9.47 Å². The fourth-order valence-electron chi connectivity index (χ4n) is 4.78. The zero-order chi connectivity index (χ0) is 26.9. The van der Waals surface area contributed by atoms with Gasteiger partial charge in [-0.05, 0) is 47.9 Å². The summed E-state index contributed by atoms with van der Waals surface area (Å²) in [4.78, 5) is 23.5. The van der Waals surface area contributed by atoms with Crippen LogP contribution in [-0.4, -0.2) is 23.4 Å². The highest BCUT2D eigenvalue weighted by molar-refractivity contribution is 7.99. The van der Waals surface area contributed by atoms with Crippen molar-refractivity contribution < 1.29 is 19.1 Å². The molecule has 0 aliphatic rings. The number of unbranched alkanes of at least 4 members (excludes halogenated alkanes) is 6. The van der Waals surface area contributed by atoms with E-state index in [9.17, 15) is 9.59 Å². The van der Waals surface area contributed by atoms with Gasteiger partial charge >= 0.3 is 11.9 Å². The maximum absolute atomic E-state index is 11.7. The second-order valence-electron chi connectivity index (χ2n) is 9.89. The fraction of sp³-hybridized carbons (Fsp3) is 0.562. The monoisotopic (exact) mass is 526 g/mol. The molecule has 0 radical (unpaired) electrons. The van der Waals surface area contributed by atoms with Crippen LogP contribution in [0.3, 0.4) is 0 Å². The number of para-hydroxylation sites is 2. The van der Waals surface area contributed by atoms with E-state index >= 15 is 0 Å². The summed E-state index contributed by atoms with van der Waals surface area (Å²) >= 11 is 1.96. The normalized spacial score (nSPS) is 12.6. The van der Waals surface area contributed by atoms with Crippen LogP contribution in [0.15, 0.2) is 48.5 Å². The van der Waals surface area contributed by atoms with E-state index in [0.29, 0.717) is 23.3 Å². The molecule has 0 saturated carbocycles. The average Bonchev–Trinajstić information content (AvgIpc) is 2.87. The minimum atomic E-state index is -0.279. The molecule has 0 heterocycles. The lowest BCUT2D eigenvalue weighted by atomic mass is 9.93. The number of thioether (sulfide) groups is 1. The topological polar surface area (TPSA) is 52.6 Å². The molecule has 37 heavy (non-hydrogen) atoms. The first kappa shape index (κ1) is 31.0. The largest absolute Gasteiger partial charge is 0.426 e. The molecule has 0 N–H and O–H groups in total. The van der Waals surface area contributed by atoms with Gasteiger partial charge in [0.05, 0.1) is 0 Å². The van der Waals surface area contributed by atoms with Crippen LogP contribution in [0, 0.1) is 0 Å². The van der Waals surface area contributed by atoms with Crippen molar-refractivity contribution in [3.63, 3.8) is 0 Å². The summed E-state index contributed by atoms with van der Waals surface area (Å²) < 4.78 is 11.2. The summed E-state index contributed by atoms with van der Waals surface area (Å²) in [7, 11) is 0. The second-order valence-corrected chi connectivity index (χ2v) is 11.0. The molecule has 0 bridgehead atoms. The molecule has 2 atom stereocenters. The number of hydrogen-bond acceptors (Lipinski definition) is 5. The summed E-state index contributed by atoms with van der Waals surface area (Å²) in [5.74, 6) is 3.39. The average molecular weight is 527 g/mol. The van der Waals surface area contributed by atoms with Gasteiger partial charge in [-0.2, -0.15) is 11.8 Å². The maximum atomic E-state index is 11.7. The maximum Gasteiger partial charge on any atom is 0.308 e. The zero-order valence-corrected chi connectivity index (χ0v) is 24.1. The number of carbonyl (C=O) groups excluding carboxylic acids is 2. The quantitative estimate of drug-likeness (QED) is 0.110. The molecule has 0 spiro atoms. The molecule has 0 aliphatic heterocycles. The van der Waals surface area contributed by atoms with Crippen molar-refractivity contribution in [2.45, 2.75) is 104 Å². The number of benzene rings is 2. The van der Waals surface area contributed by atoms with E-state index in [2.05, 4.69) is 26.0 Å². The van der Waals surface area contributed by atoms with Gasteiger partial charge in [0.15, 0.2) is 0 Å².